The van der Waals surface area contributed by atoms with Crippen molar-refractivity contribution in [3.63, 3.8) is 0 Å². The van der Waals surface area contributed by atoms with Crippen LogP contribution >= 0.6 is 11.6 Å². The Morgan fingerprint density at radius 1 is 1.15 bits per heavy atom. The molecule has 1 aliphatic rings. The third-order valence-electron chi connectivity index (χ3n) is 6.48. The SMILES string of the molecule is COc1ncc(-c2cc3c(n2C(C)C)C(c2ccc(C#N)c(F)c2)N(c2cc(Cl)c[nH]c2=O)C3=O)c(OC)n1. The summed E-state index contributed by atoms with van der Waals surface area (Å²) in [4.78, 5) is 39.2. The first kappa shape index (κ1) is 25.9. The van der Waals surface area contributed by atoms with E-state index >= 15 is 0 Å². The van der Waals surface area contributed by atoms with Gasteiger partial charge in [-0.15, -0.1) is 0 Å². The fraction of sp³-hybridized carbons (Fsp3) is 0.222. The number of pyridine rings is 1. The van der Waals surface area contributed by atoms with Crippen molar-refractivity contribution >= 4 is 23.2 Å². The van der Waals surface area contributed by atoms with Gasteiger partial charge in [0.15, 0.2) is 0 Å². The largest absolute Gasteiger partial charge is 0.480 e. The summed E-state index contributed by atoms with van der Waals surface area (Å²) in [5, 5.41) is 9.47. The Kier molecular flexibility index (Phi) is 6.57. The van der Waals surface area contributed by atoms with Crippen LogP contribution in [0.2, 0.25) is 5.02 Å². The molecule has 12 heteroatoms. The zero-order valence-corrected chi connectivity index (χ0v) is 22.1. The molecule has 198 valence electrons. The van der Waals surface area contributed by atoms with Gasteiger partial charge in [-0.1, -0.05) is 17.7 Å². The Hall–Kier alpha value is -4.69. The highest BCUT2D eigenvalue weighted by Crippen LogP contribution is 2.46. The number of aromatic amines is 1. The Morgan fingerprint density at radius 3 is 2.56 bits per heavy atom. The van der Waals surface area contributed by atoms with Crippen molar-refractivity contribution in [3.05, 3.63) is 86.3 Å². The molecule has 0 saturated carbocycles. The van der Waals surface area contributed by atoms with E-state index in [0.717, 1.165) is 0 Å². The van der Waals surface area contributed by atoms with Crippen LogP contribution in [0, 0.1) is 17.1 Å². The van der Waals surface area contributed by atoms with Crippen LogP contribution in [-0.2, 0) is 0 Å². The Bertz CT molecular complexity index is 1720. The lowest BCUT2D eigenvalue weighted by atomic mass is 10.0. The molecule has 0 aliphatic carbocycles. The van der Waals surface area contributed by atoms with E-state index in [4.69, 9.17) is 21.1 Å². The first-order valence-corrected chi connectivity index (χ1v) is 12.2. The van der Waals surface area contributed by atoms with Crippen LogP contribution in [0.1, 0.15) is 53.1 Å². The zero-order chi connectivity index (χ0) is 28.0. The number of fused-ring (bicyclic) bond motifs is 1. The topological polar surface area (TPSA) is 126 Å². The van der Waals surface area contributed by atoms with Gasteiger partial charge in [0.05, 0.1) is 47.3 Å². The summed E-state index contributed by atoms with van der Waals surface area (Å²) in [6.07, 6.45) is 2.86. The van der Waals surface area contributed by atoms with Crippen molar-refractivity contribution in [2.45, 2.75) is 25.9 Å². The van der Waals surface area contributed by atoms with Gasteiger partial charge in [0, 0.05) is 18.4 Å². The van der Waals surface area contributed by atoms with Crippen molar-refractivity contribution in [2.75, 3.05) is 19.1 Å². The molecule has 4 heterocycles. The van der Waals surface area contributed by atoms with Gasteiger partial charge in [0.25, 0.3) is 11.5 Å². The van der Waals surface area contributed by atoms with Crippen LogP contribution in [-0.4, -0.2) is 39.6 Å². The second kappa shape index (κ2) is 9.89. The smallest absolute Gasteiger partial charge is 0.319 e. The summed E-state index contributed by atoms with van der Waals surface area (Å²) in [5.74, 6) is -0.998. The van der Waals surface area contributed by atoms with Gasteiger partial charge < -0.3 is 19.0 Å². The van der Waals surface area contributed by atoms with E-state index in [-0.39, 0.29) is 34.2 Å². The van der Waals surface area contributed by atoms with E-state index in [9.17, 15) is 19.2 Å². The predicted octanol–water partition coefficient (Wildman–Crippen LogP) is 4.65. The number of carbonyl (C=O) groups is 1. The minimum Gasteiger partial charge on any atom is -0.480 e. The molecule has 39 heavy (non-hydrogen) atoms. The van der Waals surface area contributed by atoms with Gasteiger partial charge >= 0.3 is 6.01 Å². The quantitative estimate of drug-likeness (QED) is 0.372. The number of hydrogen-bond donors (Lipinski definition) is 1. The van der Waals surface area contributed by atoms with Crippen LogP contribution in [0.4, 0.5) is 10.1 Å². The average molecular weight is 549 g/mol. The minimum atomic E-state index is -0.921. The summed E-state index contributed by atoms with van der Waals surface area (Å²) < 4.78 is 27.4. The van der Waals surface area contributed by atoms with E-state index in [1.54, 1.807) is 18.2 Å². The molecule has 1 unspecified atom stereocenters. The molecule has 1 amide bonds. The second-order valence-corrected chi connectivity index (χ2v) is 9.47. The number of nitrogens with one attached hydrogen (secondary N) is 1. The first-order chi connectivity index (χ1) is 18.7. The van der Waals surface area contributed by atoms with Gasteiger partial charge in [0.1, 0.15) is 23.6 Å². The lowest BCUT2D eigenvalue weighted by Gasteiger charge is -2.28. The molecule has 0 spiro atoms. The highest BCUT2D eigenvalue weighted by atomic mass is 35.5. The fourth-order valence-corrected chi connectivity index (χ4v) is 5.03. The molecule has 3 aromatic heterocycles. The van der Waals surface area contributed by atoms with Crippen LogP contribution in [0.15, 0.2) is 47.5 Å². The summed E-state index contributed by atoms with van der Waals surface area (Å²) in [7, 11) is 2.90. The molecule has 5 rings (SSSR count). The molecule has 1 N–H and O–H groups in total. The van der Waals surface area contributed by atoms with Gasteiger partial charge in [-0.05, 0) is 43.7 Å². The van der Waals surface area contributed by atoms with E-state index in [2.05, 4.69) is 15.0 Å². The van der Waals surface area contributed by atoms with Gasteiger partial charge in [-0.3, -0.25) is 14.5 Å². The highest BCUT2D eigenvalue weighted by Gasteiger charge is 2.44. The third-order valence-corrected chi connectivity index (χ3v) is 6.70. The third kappa shape index (κ3) is 4.19. The highest BCUT2D eigenvalue weighted by molar-refractivity contribution is 6.30. The fourth-order valence-electron chi connectivity index (χ4n) is 4.88. The first-order valence-electron chi connectivity index (χ1n) is 11.8. The number of H-pyrrole nitrogens is 1. The molecule has 0 fully saturated rings. The van der Waals surface area contributed by atoms with Gasteiger partial charge in [0.2, 0.25) is 5.88 Å². The summed E-state index contributed by atoms with van der Waals surface area (Å²) in [6, 6.07) is 7.97. The van der Waals surface area contributed by atoms with Crippen LogP contribution in [0.5, 0.6) is 11.9 Å². The number of anilines is 1. The Morgan fingerprint density at radius 2 is 1.92 bits per heavy atom. The van der Waals surface area contributed by atoms with Crippen molar-refractivity contribution in [3.8, 4) is 29.2 Å². The lowest BCUT2D eigenvalue weighted by molar-refractivity contribution is 0.0993. The minimum absolute atomic E-state index is 0.000635. The number of hydrogen-bond acceptors (Lipinski definition) is 7. The number of aromatic nitrogens is 4. The normalized spacial score (nSPS) is 14.5. The van der Waals surface area contributed by atoms with Crippen molar-refractivity contribution < 1.29 is 18.7 Å². The van der Waals surface area contributed by atoms with Crippen LogP contribution < -0.4 is 19.9 Å². The molecule has 0 radical (unpaired) electrons. The number of methoxy groups -OCH3 is 2. The summed E-state index contributed by atoms with van der Waals surface area (Å²) in [5.41, 5.74) is 1.59. The number of carbonyl (C=O) groups excluding carboxylic acids is 1. The standard InChI is InChI=1S/C27H22ClFN6O4/c1-13(2)34-20(18-12-32-27(39-4)33-25(18)38-3)9-17-23(34)22(14-5-6-15(10-30)19(29)7-14)35(26(17)37)21-8-16(28)11-31-24(21)36/h5-9,11-13,22H,1-4H3,(H,31,36). The molecule has 0 bridgehead atoms. The van der Waals surface area contributed by atoms with E-state index in [1.807, 2.05) is 18.4 Å². The van der Waals surface area contributed by atoms with Crippen LogP contribution in [0.3, 0.4) is 0 Å². The number of benzene rings is 1. The number of halogens is 2. The average Bonchev–Trinajstić information content (AvgIpc) is 3.44. The molecular weight excluding hydrogens is 527 g/mol. The maximum Gasteiger partial charge on any atom is 0.319 e. The predicted molar refractivity (Wildman–Crippen MR) is 141 cm³/mol. The monoisotopic (exact) mass is 548 g/mol. The van der Waals surface area contributed by atoms with E-state index in [1.165, 1.54) is 49.7 Å². The lowest BCUT2D eigenvalue weighted by Crippen LogP contribution is -2.34. The van der Waals surface area contributed by atoms with E-state index < -0.39 is 23.3 Å². The summed E-state index contributed by atoms with van der Waals surface area (Å²) >= 11 is 6.18. The molecule has 4 aromatic rings. The molecular formula is C27H22ClFN6O4. The second-order valence-electron chi connectivity index (χ2n) is 9.03. The number of nitriles is 1. The molecule has 1 atom stereocenters. The van der Waals surface area contributed by atoms with Gasteiger partial charge in [-0.2, -0.15) is 10.2 Å². The number of ether oxygens (including phenoxy) is 2. The number of amides is 1. The van der Waals surface area contributed by atoms with Gasteiger partial charge in [-0.25, -0.2) is 9.37 Å². The molecule has 0 saturated heterocycles. The van der Waals surface area contributed by atoms with Crippen molar-refractivity contribution in [1.29, 1.82) is 5.26 Å². The zero-order valence-electron chi connectivity index (χ0n) is 21.3. The number of rotatable bonds is 6. The Labute approximate surface area is 227 Å². The molecule has 10 nitrogen and oxygen atoms in total. The summed E-state index contributed by atoms with van der Waals surface area (Å²) in [6.45, 7) is 3.85. The van der Waals surface area contributed by atoms with Crippen molar-refractivity contribution in [1.82, 2.24) is 19.5 Å². The maximum absolute atomic E-state index is 14.9. The maximum atomic E-state index is 14.9. The van der Waals surface area contributed by atoms with Crippen molar-refractivity contribution in [2.24, 2.45) is 0 Å². The van der Waals surface area contributed by atoms with E-state index in [0.29, 0.717) is 28.1 Å². The van der Waals surface area contributed by atoms with Crippen LogP contribution in [0.25, 0.3) is 11.3 Å². The molecule has 1 aromatic carbocycles. The number of nitrogens with zero attached hydrogens (tertiary/aromatic N) is 5. The molecule has 1 aliphatic heterocycles. The Balaban J connectivity index is 1.82.